The number of likely N-dealkylation sites (tertiary alicyclic amines) is 1. The van der Waals surface area contributed by atoms with Gasteiger partial charge in [0.1, 0.15) is 0 Å². The topological polar surface area (TPSA) is 46.3 Å². The van der Waals surface area contributed by atoms with E-state index in [0.29, 0.717) is 12.0 Å². The quantitative estimate of drug-likeness (QED) is 0.728. The first-order valence-corrected chi connectivity index (χ1v) is 5.62. The number of hydrogen-bond donors (Lipinski definition) is 1. The first-order chi connectivity index (χ1) is 6.56. The van der Waals surface area contributed by atoms with Crippen molar-refractivity contribution in [3.8, 4) is 0 Å². The van der Waals surface area contributed by atoms with Gasteiger partial charge in [-0.1, -0.05) is 13.3 Å². The normalized spacial score (nSPS) is 30.1. The highest BCUT2D eigenvalue weighted by Crippen LogP contribution is 2.24. The van der Waals surface area contributed by atoms with Crippen LogP contribution in [0, 0.1) is 5.92 Å². The molecule has 1 aliphatic rings. The number of rotatable bonds is 2. The Morgan fingerprint density at radius 3 is 2.71 bits per heavy atom. The van der Waals surface area contributed by atoms with Crippen LogP contribution in [0.1, 0.15) is 40.0 Å². The van der Waals surface area contributed by atoms with Gasteiger partial charge in [0.25, 0.3) is 0 Å². The van der Waals surface area contributed by atoms with Crippen LogP contribution in [-0.2, 0) is 4.79 Å². The molecule has 0 aromatic carbocycles. The van der Waals surface area contributed by atoms with Crippen molar-refractivity contribution < 1.29 is 4.79 Å². The fourth-order valence-corrected chi connectivity index (χ4v) is 2.08. The molecule has 0 spiro atoms. The van der Waals surface area contributed by atoms with E-state index >= 15 is 0 Å². The largest absolute Gasteiger partial charge is 0.338 e. The SMILES string of the molecule is CCC1CCC(C)N(C(=O)C(C)N)C1. The van der Waals surface area contributed by atoms with Crippen molar-refractivity contribution in [2.45, 2.75) is 52.1 Å². The molecule has 2 N–H and O–H groups in total. The van der Waals surface area contributed by atoms with Gasteiger partial charge in [0.2, 0.25) is 5.91 Å². The van der Waals surface area contributed by atoms with Crippen LogP contribution in [-0.4, -0.2) is 29.4 Å². The van der Waals surface area contributed by atoms with Crippen LogP contribution in [0.25, 0.3) is 0 Å². The molecule has 0 radical (unpaired) electrons. The third-order valence-electron chi connectivity index (χ3n) is 3.23. The predicted molar refractivity (Wildman–Crippen MR) is 57.8 cm³/mol. The molecule has 1 heterocycles. The summed E-state index contributed by atoms with van der Waals surface area (Å²) in [6, 6.07) is 0.0179. The molecule has 3 nitrogen and oxygen atoms in total. The highest BCUT2D eigenvalue weighted by molar-refractivity contribution is 5.81. The lowest BCUT2D eigenvalue weighted by molar-refractivity contribution is -0.136. The van der Waals surface area contributed by atoms with Crippen molar-refractivity contribution in [1.29, 1.82) is 0 Å². The Labute approximate surface area is 86.6 Å². The summed E-state index contributed by atoms with van der Waals surface area (Å²) >= 11 is 0. The molecule has 1 saturated heterocycles. The summed E-state index contributed by atoms with van der Waals surface area (Å²) in [7, 11) is 0. The van der Waals surface area contributed by atoms with Crippen LogP contribution in [0.4, 0.5) is 0 Å². The van der Waals surface area contributed by atoms with Gasteiger partial charge in [0, 0.05) is 12.6 Å². The van der Waals surface area contributed by atoms with Crippen molar-refractivity contribution >= 4 is 5.91 Å². The average molecular weight is 198 g/mol. The average Bonchev–Trinajstić information content (AvgIpc) is 2.17. The van der Waals surface area contributed by atoms with Gasteiger partial charge in [-0.25, -0.2) is 0 Å². The van der Waals surface area contributed by atoms with E-state index in [4.69, 9.17) is 5.73 Å². The summed E-state index contributed by atoms with van der Waals surface area (Å²) in [5.74, 6) is 0.782. The molecule has 0 saturated carbocycles. The Kier molecular flexibility index (Phi) is 3.93. The molecule has 0 bridgehead atoms. The molecular weight excluding hydrogens is 176 g/mol. The fraction of sp³-hybridized carbons (Fsp3) is 0.909. The van der Waals surface area contributed by atoms with E-state index in [-0.39, 0.29) is 11.9 Å². The van der Waals surface area contributed by atoms with E-state index in [1.807, 2.05) is 4.90 Å². The molecule has 14 heavy (non-hydrogen) atoms. The van der Waals surface area contributed by atoms with E-state index in [0.717, 1.165) is 19.4 Å². The predicted octanol–water partition coefficient (Wildman–Crippen LogP) is 1.37. The lowest BCUT2D eigenvalue weighted by Gasteiger charge is -2.38. The summed E-state index contributed by atoms with van der Waals surface area (Å²) in [5.41, 5.74) is 5.62. The summed E-state index contributed by atoms with van der Waals surface area (Å²) in [6.45, 7) is 6.98. The Morgan fingerprint density at radius 1 is 1.57 bits per heavy atom. The van der Waals surface area contributed by atoms with Crippen LogP contribution in [0.3, 0.4) is 0 Å². The third-order valence-corrected chi connectivity index (χ3v) is 3.23. The minimum atomic E-state index is -0.354. The summed E-state index contributed by atoms with van der Waals surface area (Å²) < 4.78 is 0. The second-order valence-corrected chi connectivity index (χ2v) is 4.48. The molecule has 0 aromatic heterocycles. The number of nitrogens with two attached hydrogens (primary N) is 1. The molecule has 1 fully saturated rings. The molecule has 82 valence electrons. The fourth-order valence-electron chi connectivity index (χ4n) is 2.08. The van der Waals surface area contributed by atoms with Crippen LogP contribution < -0.4 is 5.73 Å². The number of nitrogens with zero attached hydrogens (tertiary/aromatic N) is 1. The maximum Gasteiger partial charge on any atom is 0.239 e. The van der Waals surface area contributed by atoms with Crippen molar-refractivity contribution in [2.75, 3.05) is 6.54 Å². The zero-order valence-corrected chi connectivity index (χ0v) is 9.49. The molecule has 1 rings (SSSR count). The maximum atomic E-state index is 11.8. The van der Waals surface area contributed by atoms with Crippen molar-refractivity contribution in [2.24, 2.45) is 11.7 Å². The molecule has 0 aromatic rings. The first-order valence-electron chi connectivity index (χ1n) is 5.62. The number of hydrogen-bond acceptors (Lipinski definition) is 2. The Bertz CT molecular complexity index is 203. The minimum absolute atomic E-state index is 0.107. The van der Waals surface area contributed by atoms with E-state index in [2.05, 4.69) is 13.8 Å². The number of carbonyl (C=O) groups is 1. The van der Waals surface area contributed by atoms with E-state index in [1.54, 1.807) is 6.92 Å². The molecular formula is C11H22N2O. The van der Waals surface area contributed by atoms with Gasteiger partial charge in [-0.15, -0.1) is 0 Å². The second-order valence-electron chi connectivity index (χ2n) is 4.48. The number of piperidine rings is 1. The zero-order valence-electron chi connectivity index (χ0n) is 9.49. The molecule has 3 unspecified atom stereocenters. The monoisotopic (exact) mass is 198 g/mol. The standard InChI is InChI=1S/C11H22N2O/c1-4-10-6-5-8(2)13(7-10)11(14)9(3)12/h8-10H,4-7,12H2,1-3H3. The van der Waals surface area contributed by atoms with Gasteiger partial charge >= 0.3 is 0 Å². The van der Waals surface area contributed by atoms with Crippen LogP contribution >= 0.6 is 0 Å². The summed E-state index contributed by atoms with van der Waals surface area (Å²) in [6.07, 6.45) is 3.53. The van der Waals surface area contributed by atoms with Gasteiger partial charge in [-0.2, -0.15) is 0 Å². The van der Waals surface area contributed by atoms with Gasteiger partial charge in [0.15, 0.2) is 0 Å². The lowest BCUT2D eigenvalue weighted by atomic mass is 9.91. The highest BCUT2D eigenvalue weighted by Gasteiger charge is 2.29. The summed E-state index contributed by atoms with van der Waals surface area (Å²) in [4.78, 5) is 13.7. The van der Waals surface area contributed by atoms with E-state index in [9.17, 15) is 4.79 Å². The third kappa shape index (κ3) is 2.47. The molecule has 3 heteroatoms. The van der Waals surface area contributed by atoms with Gasteiger partial charge < -0.3 is 10.6 Å². The maximum absolute atomic E-state index is 11.8. The molecule has 3 atom stereocenters. The van der Waals surface area contributed by atoms with Crippen LogP contribution in [0.5, 0.6) is 0 Å². The van der Waals surface area contributed by atoms with Crippen molar-refractivity contribution in [1.82, 2.24) is 4.90 Å². The zero-order chi connectivity index (χ0) is 10.7. The minimum Gasteiger partial charge on any atom is -0.338 e. The van der Waals surface area contributed by atoms with Crippen LogP contribution in [0.2, 0.25) is 0 Å². The Balaban J connectivity index is 2.60. The molecule has 1 amide bonds. The number of carbonyl (C=O) groups excluding carboxylic acids is 1. The molecule has 1 aliphatic heterocycles. The van der Waals surface area contributed by atoms with E-state index in [1.165, 1.54) is 6.42 Å². The lowest BCUT2D eigenvalue weighted by Crippen LogP contribution is -2.50. The Hall–Kier alpha value is -0.570. The van der Waals surface area contributed by atoms with Crippen molar-refractivity contribution in [3.05, 3.63) is 0 Å². The van der Waals surface area contributed by atoms with Crippen molar-refractivity contribution in [3.63, 3.8) is 0 Å². The Morgan fingerprint density at radius 2 is 2.21 bits per heavy atom. The van der Waals surface area contributed by atoms with Gasteiger partial charge in [0.05, 0.1) is 6.04 Å². The highest BCUT2D eigenvalue weighted by atomic mass is 16.2. The van der Waals surface area contributed by atoms with Gasteiger partial charge in [-0.05, 0) is 32.6 Å². The van der Waals surface area contributed by atoms with Gasteiger partial charge in [-0.3, -0.25) is 4.79 Å². The van der Waals surface area contributed by atoms with Crippen LogP contribution in [0.15, 0.2) is 0 Å². The number of amides is 1. The summed E-state index contributed by atoms with van der Waals surface area (Å²) in [5, 5.41) is 0. The van der Waals surface area contributed by atoms with E-state index < -0.39 is 0 Å². The second kappa shape index (κ2) is 4.78. The first kappa shape index (κ1) is 11.5. The smallest absolute Gasteiger partial charge is 0.239 e. The molecule has 0 aliphatic carbocycles.